The van der Waals surface area contributed by atoms with Crippen molar-refractivity contribution in [1.29, 1.82) is 5.26 Å². The summed E-state index contributed by atoms with van der Waals surface area (Å²) in [6.07, 6.45) is 3.54. The van der Waals surface area contributed by atoms with Gasteiger partial charge in [0.25, 0.3) is 0 Å². The lowest BCUT2D eigenvalue weighted by Crippen LogP contribution is -2.28. The average molecular weight is 258 g/mol. The summed E-state index contributed by atoms with van der Waals surface area (Å²) in [4.78, 5) is 2.24. The molecule has 1 aliphatic heterocycles. The van der Waals surface area contributed by atoms with Crippen molar-refractivity contribution >= 4 is 5.82 Å². The van der Waals surface area contributed by atoms with Crippen molar-refractivity contribution < 1.29 is 0 Å². The molecule has 2 rings (SSSR count). The van der Waals surface area contributed by atoms with Gasteiger partial charge in [0.15, 0.2) is 5.82 Å². The maximum atomic E-state index is 9.38. The van der Waals surface area contributed by atoms with Crippen molar-refractivity contribution in [3.63, 3.8) is 0 Å². The summed E-state index contributed by atoms with van der Waals surface area (Å²) in [6, 6.07) is 2.30. The van der Waals surface area contributed by atoms with Crippen molar-refractivity contribution in [3.05, 3.63) is 16.8 Å². The lowest BCUT2D eigenvalue weighted by atomic mass is 9.82. The highest BCUT2D eigenvalue weighted by molar-refractivity contribution is 5.58. The monoisotopic (exact) mass is 258 g/mol. The van der Waals surface area contributed by atoms with Crippen LogP contribution in [-0.2, 0) is 0 Å². The maximum absolute atomic E-state index is 9.38. The highest BCUT2D eigenvalue weighted by Crippen LogP contribution is 2.39. The molecule has 0 unspecified atom stereocenters. The highest BCUT2D eigenvalue weighted by atomic mass is 15.3. The first-order valence-electron chi connectivity index (χ1n) is 7.06. The quantitative estimate of drug-likeness (QED) is 0.836. The molecule has 0 atom stereocenters. The number of nitriles is 1. The molecule has 0 aromatic carbocycles. The third kappa shape index (κ3) is 2.30. The minimum atomic E-state index is 0.382. The van der Waals surface area contributed by atoms with Crippen molar-refractivity contribution in [3.8, 4) is 6.07 Å². The van der Waals surface area contributed by atoms with Crippen molar-refractivity contribution in [2.75, 3.05) is 18.0 Å². The first-order chi connectivity index (χ1) is 9.06. The topological polar surface area (TPSA) is 52.8 Å². The molecule has 4 heteroatoms. The van der Waals surface area contributed by atoms with Crippen LogP contribution in [-0.4, -0.2) is 23.3 Å². The summed E-state index contributed by atoms with van der Waals surface area (Å²) in [5, 5.41) is 17.9. The average Bonchev–Trinajstić information content (AvgIpc) is 2.86. The van der Waals surface area contributed by atoms with Gasteiger partial charge in [-0.05, 0) is 44.1 Å². The van der Waals surface area contributed by atoms with Gasteiger partial charge in [-0.2, -0.15) is 10.4 Å². The van der Waals surface area contributed by atoms with Gasteiger partial charge in [0.05, 0.1) is 5.69 Å². The molecule has 4 nitrogen and oxygen atoms in total. The van der Waals surface area contributed by atoms with E-state index in [0.29, 0.717) is 11.0 Å². The van der Waals surface area contributed by atoms with Gasteiger partial charge in [-0.15, -0.1) is 5.10 Å². The van der Waals surface area contributed by atoms with Crippen LogP contribution in [0, 0.1) is 30.6 Å². The molecule has 19 heavy (non-hydrogen) atoms. The van der Waals surface area contributed by atoms with Crippen LogP contribution >= 0.6 is 0 Å². The molecule has 102 valence electrons. The Morgan fingerprint density at radius 3 is 2.47 bits per heavy atom. The summed E-state index contributed by atoms with van der Waals surface area (Å²) in [5.74, 6) is 0.773. The molecule has 0 saturated carbocycles. The lowest BCUT2D eigenvalue weighted by molar-refractivity contribution is 0.301. The minimum Gasteiger partial charge on any atom is -0.353 e. The van der Waals surface area contributed by atoms with Crippen LogP contribution in [0.1, 0.15) is 49.9 Å². The lowest BCUT2D eigenvalue weighted by Gasteiger charge is -2.27. The van der Waals surface area contributed by atoms with Gasteiger partial charge in [0.1, 0.15) is 11.6 Å². The Balaban J connectivity index is 2.35. The Bertz CT molecular complexity index is 512. The van der Waals surface area contributed by atoms with Gasteiger partial charge in [0, 0.05) is 13.1 Å². The first kappa shape index (κ1) is 13.8. The predicted molar refractivity (Wildman–Crippen MR) is 76.1 cm³/mol. The van der Waals surface area contributed by atoms with Gasteiger partial charge in [0.2, 0.25) is 0 Å². The van der Waals surface area contributed by atoms with Gasteiger partial charge in [-0.25, -0.2) is 0 Å². The number of rotatable bonds is 3. The molecule has 1 aromatic heterocycles. The standard InChI is InChI=1S/C15H22N4/c1-5-15(6-2)7-8-19(10-15)14-13(9-16)11(3)12(4)17-18-14/h5-8,10H2,1-4H3. The Kier molecular flexibility index (Phi) is 3.75. The van der Waals surface area contributed by atoms with E-state index in [2.05, 4.69) is 35.0 Å². The Morgan fingerprint density at radius 1 is 1.26 bits per heavy atom. The molecule has 0 spiro atoms. The second-order valence-corrected chi connectivity index (χ2v) is 5.60. The van der Waals surface area contributed by atoms with Crippen LogP contribution in [0.3, 0.4) is 0 Å². The zero-order valence-corrected chi connectivity index (χ0v) is 12.3. The summed E-state index contributed by atoms with van der Waals surface area (Å²) >= 11 is 0. The third-order valence-electron chi connectivity index (χ3n) is 4.79. The predicted octanol–water partition coefficient (Wildman–Crippen LogP) is 2.98. The zero-order valence-electron chi connectivity index (χ0n) is 12.3. The van der Waals surface area contributed by atoms with Crippen LogP contribution in [0.15, 0.2) is 0 Å². The van der Waals surface area contributed by atoms with Crippen LogP contribution in [0.25, 0.3) is 0 Å². The van der Waals surface area contributed by atoms with Crippen molar-refractivity contribution in [2.24, 2.45) is 5.41 Å². The van der Waals surface area contributed by atoms with Crippen LogP contribution in [0.5, 0.6) is 0 Å². The van der Waals surface area contributed by atoms with E-state index in [1.807, 2.05) is 13.8 Å². The van der Waals surface area contributed by atoms with E-state index in [9.17, 15) is 5.26 Å². The number of hydrogen-bond donors (Lipinski definition) is 0. The van der Waals surface area contributed by atoms with Crippen LogP contribution < -0.4 is 4.90 Å². The Morgan fingerprint density at radius 2 is 1.95 bits per heavy atom. The summed E-state index contributed by atoms with van der Waals surface area (Å²) in [7, 11) is 0. The fourth-order valence-corrected chi connectivity index (χ4v) is 2.89. The second-order valence-electron chi connectivity index (χ2n) is 5.60. The van der Waals surface area contributed by atoms with Crippen molar-refractivity contribution in [1.82, 2.24) is 10.2 Å². The Labute approximate surface area is 115 Å². The van der Waals surface area contributed by atoms with E-state index in [0.717, 1.165) is 30.2 Å². The summed E-state index contributed by atoms with van der Waals surface area (Å²) in [5.41, 5.74) is 2.87. The van der Waals surface area contributed by atoms with Gasteiger partial charge in [-0.1, -0.05) is 13.8 Å². The molecule has 0 radical (unpaired) electrons. The molecular weight excluding hydrogens is 236 g/mol. The first-order valence-corrected chi connectivity index (χ1v) is 7.06. The summed E-state index contributed by atoms with van der Waals surface area (Å²) in [6.45, 7) is 10.3. The van der Waals surface area contributed by atoms with Gasteiger partial charge in [-0.3, -0.25) is 0 Å². The number of anilines is 1. The van der Waals surface area contributed by atoms with E-state index in [1.165, 1.54) is 19.3 Å². The van der Waals surface area contributed by atoms with E-state index in [1.54, 1.807) is 0 Å². The molecule has 0 amide bonds. The molecular formula is C15H22N4. The maximum Gasteiger partial charge on any atom is 0.169 e. The summed E-state index contributed by atoms with van der Waals surface area (Å²) < 4.78 is 0. The Hall–Kier alpha value is -1.63. The smallest absolute Gasteiger partial charge is 0.169 e. The van der Waals surface area contributed by atoms with Gasteiger partial charge >= 0.3 is 0 Å². The largest absolute Gasteiger partial charge is 0.353 e. The van der Waals surface area contributed by atoms with Crippen LogP contribution in [0.4, 0.5) is 5.82 Å². The van der Waals surface area contributed by atoms with Crippen molar-refractivity contribution in [2.45, 2.75) is 47.0 Å². The molecule has 0 bridgehead atoms. The molecule has 0 aliphatic carbocycles. The SMILES string of the molecule is CCC1(CC)CCN(c2nnc(C)c(C)c2C#N)C1. The van der Waals surface area contributed by atoms with Gasteiger partial charge < -0.3 is 4.90 Å². The zero-order chi connectivity index (χ0) is 14.0. The molecule has 1 saturated heterocycles. The van der Waals surface area contributed by atoms with E-state index >= 15 is 0 Å². The fraction of sp³-hybridized carbons (Fsp3) is 0.667. The van der Waals surface area contributed by atoms with Crippen LogP contribution in [0.2, 0.25) is 0 Å². The molecule has 1 fully saturated rings. The highest BCUT2D eigenvalue weighted by Gasteiger charge is 2.36. The van der Waals surface area contributed by atoms with E-state index in [-0.39, 0.29) is 0 Å². The number of aromatic nitrogens is 2. The van der Waals surface area contributed by atoms with E-state index in [4.69, 9.17) is 0 Å². The fourth-order valence-electron chi connectivity index (χ4n) is 2.89. The number of hydrogen-bond acceptors (Lipinski definition) is 4. The normalized spacial score (nSPS) is 17.5. The molecule has 1 aromatic rings. The van der Waals surface area contributed by atoms with E-state index < -0.39 is 0 Å². The molecule has 0 N–H and O–H groups in total. The molecule has 2 heterocycles. The minimum absolute atomic E-state index is 0.382. The second kappa shape index (κ2) is 5.16. The number of aryl methyl sites for hydroxylation is 1. The number of nitrogens with zero attached hydrogens (tertiary/aromatic N) is 4. The third-order valence-corrected chi connectivity index (χ3v) is 4.79. The molecule has 1 aliphatic rings.